The van der Waals surface area contributed by atoms with Crippen LogP contribution in [0.4, 0.5) is 0 Å². The van der Waals surface area contributed by atoms with Crippen LogP contribution in [0.2, 0.25) is 0 Å². The molecule has 0 unspecified atom stereocenters. The minimum absolute atomic E-state index is 1.07. The van der Waals surface area contributed by atoms with Gasteiger partial charge in [0.05, 0.1) is 8.60 Å². The Hall–Kier alpha value is 1.08. The van der Waals surface area contributed by atoms with Crippen LogP contribution < -0.4 is 0 Å². The summed E-state index contributed by atoms with van der Waals surface area (Å²) in [6, 6.07) is 0. The molecule has 162 valence electrons. The molecule has 0 aliphatic rings. The molecule has 0 aromatic rings. The van der Waals surface area contributed by atoms with E-state index in [1.807, 2.05) is 35.3 Å². The van der Waals surface area contributed by atoms with E-state index < -0.39 is 0 Å². The summed E-state index contributed by atoms with van der Waals surface area (Å²) in [6.07, 6.45) is 20.3. The fourth-order valence-corrected chi connectivity index (χ4v) is 6.86. The summed E-state index contributed by atoms with van der Waals surface area (Å²) in [6.45, 7) is 6.84. The molecule has 0 amide bonds. The normalized spacial score (nSPS) is 11.1. The minimum atomic E-state index is 1.07. The number of rotatable bonds is 21. The van der Waals surface area contributed by atoms with Crippen LogP contribution in [0.5, 0.6) is 0 Å². The van der Waals surface area contributed by atoms with Gasteiger partial charge in [-0.15, -0.1) is 35.3 Å². The Kier molecular flexibility index (Phi) is 24.3. The Balaban J connectivity index is 4.16. The van der Waals surface area contributed by atoms with Crippen molar-refractivity contribution in [2.75, 3.05) is 17.3 Å². The first-order valence-electron chi connectivity index (χ1n) is 11.5. The van der Waals surface area contributed by atoms with Crippen molar-refractivity contribution >= 4 is 46.9 Å². The van der Waals surface area contributed by atoms with Gasteiger partial charge in [0.1, 0.15) is 0 Å². The summed E-state index contributed by atoms with van der Waals surface area (Å²) in [5, 5.41) is 0. The molecule has 0 rings (SSSR count). The molecule has 0 bridgehead atoms. The smallest absolute Gasteiger partial charge is 0.0935 e. The summed E-state index contributed by atoms with van der Waals surface area (Å²) in [7, 11) is 0. The van der Waals surface area contributed by atoms with Gasteiger partial charge in [-0.2, -0.15) is 0 Å². The van der Waals surface area contributed by atoms with E-state index >= 15 is 0 Å². The molecule has 0 saturated carbocycles. The fraction of sp³-hybridized carbons (Fsp3) is 0.913. The van der Waals surface area contributed by atoms with Gasteiger partial charge in [-0.3, -0.25) is 0 Å². The van der Waals surface area contributed by atoms with Crippen LogP contribution in [-0.2, 0) is 0 Å². The fourth-order valence-electron chi connectivity index (χ4n) is 2.82. The van der Waals surface area contributed by atoms with Crippen LogP contribution in [-0.4, -0.2) is 17.3 Å². The molecular weight excluding hydrogens is 408 g/mol. The van der Waals surface area contributed by atoms with Crippen molar-refractivity contribution in [3.63, 3.8) is 0 Å². The highest BCUT2D eigenvalue weighted by atomic mass is 35.5. The lowest BCUT2D eigenvalue weighted by Crippen LogP contribution is -1.88. The predicted octanol–water partition coefficient (Wildman–Crippen LogP) is 10.5. The number of hydrogen-bond acceptors (Lipinski definition) is 3. The third-order valence-electron chi connectivity index (χ3n) is 4.60. The largest absolute Gasteiger partial charge is 0.117 e. The van der Waals surface area contributed by atoms with Gasteiger partial charge in [0, 0.05) is 0 Å². The van der Waals surface area contributed by atoms with Crippen LogP contribution >= 0.6 is 46.9 Å². The minimum Gasteiger partial charge on any atom is -0.117 e. The molecule has 4 heteroatoms. The Bertz CT molecular complexity index is 314. The maximum absolute atomic E-state index is 6.71. The maximum atomic E-state index is 6.71. The Morgan fingerprint density at radius 2 is 0.815 bits per heavy atom. The van der Waals surface area contributed by atoms with Gasteiger partial charge in [0.15, 0.2) is 0 Å². The molecule has 0 atom stereocenters. The lowest BCUT2D eigenvalue weighted by atomic mass is 10.2. The second kappa shape index (κ2) is 23.4. The third kappa shape index (κ3) is 20.1. The van der Waals surface area contributed by atoms with Crippen molar-refractivity contribution in [3.8, 4) is 0 Å². The van der Waals surface area contributed by atoms with E-state index in [-0.39, 0.29) is 0 Å². The van der Waals surface area contributed by atoms with Gasteiger partial charge in [-0.25, -0.2) is 0 Å². The number of thioether (sulfide) groups is 3. The average molecular weight is 453 g/mol. The van der Waals surface area contributed by atoms with Crippen LogP contribution in [0.25, 0.3) is 0 Å². The SMILES string of the molecule is CCCCCCCSC(Cl)=C(SCCCCCCC)SCCCCCCC. The first kappa shape index (κ1) is 28.1. The van der Waals surface area contributed by atoms with Gasteiger partial charge in [-0.05, 0) is 36.5 Å². The molecule has 0 saturated heterocycles. The highest BCUT2D eigenvalue weighted by Crippen LogP contribution is 2.39. The molecule has 0 aliphatic carbocycles. The van der Waals surface area contributed by atoms with Crippen molar-refractivity contribution in [1.82, 2.24) is 0 Å². The lowest BCUT2D eigenvalue weighted by Gasteiger charge is -2.10. The van der Waals surface area contributed by atoms with Gasteiger partial charge in [0.25, 0.3) is 0 Å². The van der Waals surface area contributed by atoms with Gasteiger partial charge in [-0.1, -0.05) is 109 Å². The van der Waals surface area contributed by atoms with Crippen LogP contribution in [0, 0.1) is 0 Å². The molecule has 0 aliphatic heterocycles. The lowest BCUT2D eigenvalue weighted by molar-refractivity contribution is 0.659. The highest BCUT2D eigenvalue weighted by molar-refractivity contribution is 8.23. The van der Waals surface area contributed by atoms with E-state index in [2.05, 4.69) is 20.8 Å². The Morgan fingerprint density at radius 1 is 0.481 bits per heavy atom. The zero-order chi connectivity index (χ0) is 20.0. The Morgan fingerprint density at radius 3 is 1.19 bits per heavy atom. The van der Waals surface area contributed by atoms with E-state index in [9.17, 15) is 0 Å². The summed E-state index contributed by atoms with van der Waals surface area (Å²) < 4.78 is 2.48. The van der Waals surface area contributed by atoms with Crippen LogP contribution in [0.15, 0.2) is 8.60 Å². The van der Waals surface area contributed by atoms with Gasteiger partial charge in [0.2, 0.25) is 0 Å². The molecule has 0 radical (unpaired) electrons. The molecule has 0 N–H and O–H groups in total. The van der Waals surface area contributed by atoms with Crippen molar-refractivity contribution < 1.29 is 0 Å². The van der Waals surface area contributed by atoms with Gasteiger partial charge >= 0.3 is 0 Å². The molecule has 0 spiro atoms. The molecule has 0 nitrogen and oxygen atoms in total. The topological polar surface area (TPSA) is 0 Å². The number of halogens is 1. The van der Waals surface area contributed by atoms with Crippen LogP contribution in [0.1, 0.15) is 117 Å². The third-order valence-corrected chi connectivity index (χ3v) is 9.17. The maximum Gasteiger partial charge on any atom is 0.0935 e. The van der Waals surface area contributed by atoms with E-state index in [4.69, 9.17) is 11.6 Å². The zero-order valence-corrected chi connectivity index (χ0v) is 21.5. The zero-order valence-electron chi connectivity index (χ0n) is 18.3. The molecular formula is C23H45ClS3. The number of hydrogen-bond donors (Lipinski definition) is 0. The van der Waals surface area contributed by atoms with E-state index in [0.29, 0.717) is 0 Å². The predicted molar refractivity (Wildman–Crippen MR) is 137 cm³/mol. The summed E-state index contributed by atoms with van der Waals surface area (Å²) in [5.74, 6) is 3.64. The molecule has 0 fully saturated rings. The molecule has 0 aromatic heterocycles. The second-order valence-electron chi connectivity index (χ2n) is 7.35. The van der Waals surface area contributed by atoms with E-state index in [1.165, 1.54) is 118 Å². The molecule has 0 heterocycles. The molecule has 0 aromatic carbocycles. The van der Waals surface area contributed by atoms with Crippen LogP contribution in [0.3, 0.4) is 0 Å². The van der Waals surface area contributed by atoms with E-state index in [1.54, 1.807) is 0 Å². The first-order chi connectivity index (χ1) is 13.3. The first-order valence-corrected chi connectivity index (χ1v) is 14.9. The summed E-state index contributed by atoms with van der Waals surface area (Å²) >= 11 is 12.6. The van der Waals surface area contributed by atoms with E-state index in [0.717, 1.165) is 4.36 Å². The second-order valence-corrected chi connectivity index (χ2v) is 11.5. The number of unbranched alkanes of at least 4 members (excludes halogenated alkanes) is 12. The highest BCUT2D eigenvalue weighted by Gasteiger charge is 2.08. The van der Waals surface area contributed by atoms with Crippen molar-refractivity contribution in [3.05, 3.63) is 8.60 Å². The summed E-state index contributed by atoms with van der Waals surface area (Å²) in [5.41, 5.74) is 0. The van der Waals surface area contributed by atoms with Gasteiger partial charge < -0.3 is 0 Å². The standard InChI is InChI=1S/C23H45ClS3/c1-4-7-10-13-16-19-25-22(24)23(26-20-17-14-11-8-5-2)27-21-18-15-12-9-6-3/h4-21H2,1-3H3. The summed E-state index contributed by atoms with van der Waals surface area (Å²) in [4.78, 5) is 0. The Labute approximate surface area is 189 Å². The monoisotopic (exact) mass is 452 g/mol. The average Bonchev–Trinajstić information content (AvgIpc) is 2.68. The quantitative estimate of drug-likeness (QED) is 0.159. The van der Waals surface area contributed by atoms with Crippen molar-refractivity contribution in [2.45, 2.75) is 117 Å². The molecule has 27 heavy (non-hydrogen) atoms. The van der Waals surface area contributed by atoms with Crippen molar-refractivity contribution in [2.24, 2.45) is 0 Å². The van der Waals surface area contributed by atoms with Crippen molar-refractivity contribution in [1.29, 1.82) is 0 Å².